The molecule has 0 saturated heterocycles. The van der Waals surface area contributed by atoms with Crippen LogP contribution in [0.1, 0.15) is 22.9 Å². The summed E-state index contributed by atoms with van der Waals surface area (Å²) >= 11 is 6.48. The maximum Gasteiger partial charge on any atom is 0.176 e. The van der Waals surface area contributed by atoms with Gasteiger partial charge in [-0.05, 0) is 48.2 Å². The first-order valence-corrected chi connectivity index (χ1v) is 8.88. The molecule has 3 aromatic rings. The lowest BCUT2D eigenvalue weighted by Crippen LogP contribution is -2.34. The number of fused-ring (bicyclic) bond motifs is 2. The standard InChI is InChI=1S/C21H18ClFN2O/c1-3-17(26)21-14-6-4-5-13(12(14)9-10-24-21)18-15(23)7-8-16-19(18)20(22)11(2)25-16/h3-8,21,24-25H,1,9-10H2,2H3/t21-/m0/s1. The summed E-state index contributed by atoms with van der Waals surface area (Å²) in [7, 11) is 0. The molecule has 0 bridgehead atoms. The van der Waals surface area contributed by atoms with Crippen LogP contribution in [0.15, 0.2) is 43.0 Å². The molecule has 26 heavy (non-hydrogen) atoms. The minimum absolute atomic E-state index is 0.0858. The monoisotopic (exact) mass is 368 g/mol. The van der Waals surface area contributed by atoms with Crippen LogP contribution < -0.4 is 5.32 Å². The smallest absolute Gasteiger partial charge is 0.176 e. The van der Waals surface area contributed by atoms with Crippen LogP contribution in [0.5, 0.6) is 0 Å². The van der Waals surface area contributed by atoms with E-state index >= 15 is 0 Å². The molecule has 3 nitrogen and oxygen atoms in total. The Kier molecular flexibility index (Phi) is 4.17. The van der Waals surface area contributed by atoms with Gasteiger partial charge in [-0.2, -0.15) is 0 Å². The van der Waals surface area contributed by atoms with Gasteiger partial charge in [0.25, 0.3) is 0 Å². The fourth-order valence-electron chi connectivity index (χ4n) is 3.83. The van der Waals surface area contributed by atoms with Gasteiger partial charge in [0.1, 0.15) is 5.82 Å². The van der Waals surface area contributed by atoms with E-state index in [9.17, 15) is 9.18 Å². The number of halogens is 2. The van der Waals surface area contributed by atoms with Crippen LogP contribution in [0.3, 0.4) is 0 Å². The van der Waals surface area contributed by atoms with Gasteiger partial charge >= 0.3 is 0 Å². The molecule has 1 aliphatic heterocycles. The highest BCUT2D eigenvalue weighted by atomic mass is 35.5. The normalized spacial score (nSPS) is 16.5. The molecule has 1 aromatic heterocycles. The Hall–Kier alpha value is -2.43. The van der Waals surface area contributed by atoms with Crippen molar-refractivity contribution in [3.8, 4) is 11.1 Å². The van der Waals surface area contributed by atoms with Gasteiger partial charge in [0.2, 0.25) is 0 Å². The summed E-state index contributed by atoms with van der Waals surface area (Å²) in [5.74, 6) is -0.408. The lowest BCUT2D eigenvalue weighted by atomic mass is 9.85. The van der Waals surface area contributed by atoms with Crippen molar-refractivity contribution in [2.45, 2.75) is 19.4 Å². The lowest BCUT2D eigenvalue weighted by molar-refractivity contribution is -0.116. The molecule has 2 heterocycles. The summed E-state index contributed by atoms with van der Waals surface area (Å²) in [5.41, 5.74) is 4.73. The highest BCUT2D eigenvalue weighted by Gasteiger charge is 2.27. The van der Waals surface area contributed by atoms with Gasteiger partial charge in [0.15, 0.2) is 5.78 Å². The van der Waals surface area contributed by atoms with E-state index < -0.39 is 6.04 Å². The molecule has 4 rings (SSSR count). The Bertz CT molecular complexity index is 1050. The van der Waals surface area contributed by atoms with Crippen molar-refractivity contribution in [3.05, 3.63) is 70.6 Å². The summed E-state index contributed by atoms with van der Waals surface area (Å²) < 4.78 is 14.9. The molecular formula is C21H18ClFN2O. The van der Waals surface area contributed by atoms with E-state index in [-0.39, 0.29) is 11.6 Å². The van der Waals surface area contributed by atoms with Crippen LogP contribution in [-0.2, 0) is 11.2 Å². The fraction of sp³-hybridized carbons (Fsp3) is 0.190. The van der Waals surface area contributed by atoms with E-state index in [0.717, 1.165) is 27.9 Å². The highest BCUT2D eigenvalue weighted by Crippen LogP contribution is 2.41. The first kappa shape index (κ1) is 17.0. The number of nitrogens with one attached hydrogen (secondary N) is 2. The number of rotatable bonds is 3. The average Bonchev–Trinajstić information content (AvgIpc) is 2.95. The minimum Gasteiger partial charge on any atom is -0.357 e. The van der Waals surface area contributed by atoms with E-state index in [1.807, 2.05) is 25.1 Å². The van der Waals surface area contributed by atoms with Crippen LogP contribution in [-0.4, -0.2) is 17.3 Å². The quantitative estimate of drug-likeness (QED) is 0.647. The average molecular weight is 369 g/mol. The zero-order valence-corrected chi connectivity index (χ0v) is 15.1. The van der Waals surface area contributed by atoms with Crippen LogP contribution in [0.25, 0.3) is 22.0 Å². The molecule has 2 N–H and O–H groups in total. The van der Waals surface area contributed by atoms with Crippen LogP contribution in [0, 0.1) is 12.7 Å². The van der Waals surface area contributed by atoms with Crippen LogP contribution in [0.2, 0.25) is 5.02 Å². The molecule has 0 unspecified atom stereocenters. The number of hydrogen-bond acceptors (Lipinski definition) is 2. The SMILES string of the molecule is C=CC(=O)[C@H]1NCCc2c(-c3c(F)ccc4[nH]c(C)c(Cl)c34)cccc21. The number of ketones is 1. The molecule has 2 aromatic carbocycles. The van der Waals surface area contributed by atoms with Gasteiger partial charge in [-0.15, -0.1) is 0 Å². The van der Waals surface area contributed by atoms with Crippen molar-refractivity contribution < 1.29 is 9.18 Å². The zero-order chi connectivity index (χ0) is 18.4. The van der Waals surface area contributed by atoms with Crippen molar-refractivity contribution in [1.82, 2.24) is 10.3 Å². The predicted octanol–water partition coefficient (Wildman–Crippen LogP) is 4.88. The topological polar surface area (TPSA) is 44.9 Å². The van der Waals surface area contributed by atoms with Crippen molar-refractivity contribution in [3.63, 3.8) is 0 Å². The second kappa shape index (κ2) is 6.38. The maximum atomic E-state index is 14.9. The molecule has 132 valence electrons. The van der Waals surface area contributed by atoms with Crippen molar-refractivity contribution in [2.75, 3.05) is 6.54 Å². The van der Waals surface area contributed by atoms with Crippen molar-refractivity contribution in [2.24, 2.45) is 0 Å². The van der Waals surface area contributed by atoms with Gasteiger partial charge in [-0.25, -0.2) is 4.39 Å². The Morgan fingerprint density at radius 1 is 1.35 bits per heavy atom. The third-order valence-corrected chi connectivity index (χ3v) is 5.50. The number of carbonyl (C=O) groups excluding carboxylic acids is 1. The molecule has 0 fully saturated rings. The summed E-state index contributed by atoms with van der Waals surface area (Å²) in [6.45, 7) is 6.10. The summed E-state index contributed by atoms with van der Waals surface area (Å²) in [5, 5.41) is 4.44. The van der Waals surface area contributed by atoms with E-state index in [1.54, 1.807) is 6.07 Å². The number of aromatic nitrogens is 1. The number of aryl methyl sites for hydroxylation is 1. The molecule has 0 saturated carbocycles. The molecule has 0 amide bonds. The van der Waals surface area contributed by atoms with Gasteiger partial charge in [-0.3, -0.25) is 4.79 Å². The number of hydrogen-bond donors (Lipinski definition) is 2. The molecular weight excluding hydrogens is 351 g/mol. The largest absolute Gasteiger partial charge is 0.357 e. The number of benzene rings is 2. The summed E-state index contributed by atoms with van der Waals surface area (Å²) in [6, 6.07) is 8.39. The molecule has 1 aliphatic rings. The van der Waals surface area contributed by atoms with Gasteiger partial charge in [0, 0.05) is 28.7 Å². The fourth-order valence-corrected chi connectivity index (χ4v) is 4.07. The Morgan fingerprint density at radius 3 is 2.92 bits per heavy atom. The van der Waals surface area contributed by atoms with Crippen LogP contribution >= 0.6 is 11.6 Å². The van der Waals surface area contributed by atoms with E-state index in [2.05, 4.69) is 16.9 Å². The molecule has 1 atom stereocenters. The van der Waals surface area contributed by atoms with Crippen molar-refractivity contribution in [1.29, 1.82) is 0 Å². The maximum absolute atomic E-state index is 14.9. The van der Waals surface area contributed by atoms with Gasteiger partial charge in [-0.1, -0.05) is 36.4 Å². The Morgan fingerprint density at radius 2 is 2.15 bits per heavy atom. The van der Waals surface area contributed by atoms with E-state index in [4.69, 9.17) is 11.6 Å². The van der Waals surface area contributed by atoms with Crippen LogP contribution in [0.4, 0.5) is 4.39 Å². The second-order valence-corrected chi connectivity index (χ2v) is 6.90. The van der Waals surface area contributed by atoms with Crippen molar-refractivity contribution >= 4 is 28.3 Å². The molecule has 0 radical (unpaired) electrons. The third-order valence-electron chi connectivity index (χ3n) is 5.03. The highest BCUT2D eigenvalue weighted by molar-refractivity contribution is 6.37. The van der Waals surface area contributed by atoms with Gasteiger partial charge < -0.3 is 10.3 Å². The second-order valence-electron chi connectivity index (χ2n) is 6.53. The molecule has 0 aliphatic carbocycles. The van der Waals surface area contributed by atoms with Gasteiger partial charge in [0.05, 0.1) is 11.1 Å². The lowest BCUT2D eigenvalue weighted by Gasteiger charge is -2.27. The number of H-pyrrole nitrogens is 1. The third kappa shape index (κ3) is 2.49. The Balaban J connectivity index is 2.02. The van der Waals surface area contributed by atoms with E-state index in [0.29, 0.717) is 28.9 Å². The van der Waals surface area contributed by atoms with E-state index in [1.165, 1.54) is 12.1 Å². The molecule has 0 spiro atoms. The summed E-state index contributed by atoms with van der Waals surface area (Å²) in [4.78, 5) is 15.4. The number of carbonyl (C=O) groups is 1. The predicted molar refractivity (Wildman–Crippen MR) is 103 cm³/mol. The Labute approximate surface area is 155 Å². The first-order chi connectivity index (χ1) is 12.5. The number of aromatic amines is 1. The zero-order valence-electron chi connectivity index (χ0n) is 14.3. The molecule has 5 heteroatoms. The summed E-state index contributed by atoms with van der Waals surface area (Å²) in [6.07, 6.45) is 2.04. The first-order valence-electron chi connectivity index (χ1n) is 8.51. The minimum atomic E-state index is -0.443.